The Bertz CT molecular complexity index is 796. The van der Waals surface area contributed by atoms with Crippen molar-refractivity contribution in [3.05, 3.63) is 65.5 Å². The lowest BCUT2D eigenvalue weighted by atomic mass is 10.2. The third-order valence-electron chi connectivity index (χ3n) is 3.28. The zero-order valence-electron chi connectivity index (χ0n) is 11.8. The van der Waals surface area contributed by atoms with Gasteiger partial charge in [0.05, 0.1) is 24.1 Å². The Morgan fingerprint density at radius 2 is 2.18 bits per heavy atom. The molecule has 2 aromatic heterocycles. The van der Waals surface area contributed by atoms with E-state index in [2.05, 4.69) is 15.6 Å². The predicted octanol–water partition coefficient (Wildman–Crippen LogP) is 2.62. The van der Waals surface area contributed by atoms with Gasteiger partial charge in [-0.2, -0.15) is 0 Å². The van der Waals surface area contributed by atoms with E-state index in [1.807, 2.05) is 0 Å². The summed E-state index contributed by atoms with van der Waals surface area (Å²) < 4.78 is 20.1. The predicted molar refractivity (Wildman–Crippen MR) is 76.9 cm³/mol. The highest BCUT2D eigenvalue weighted by Crippen LogP contribution is 2.15. The zero-order valence-corrected chi connectivity index (χ0v) is 11.8. The molecule has 112 valence electrons. The molecule has 2 heterocycles. The summed E-state index contributed by atoms with van der Waals surface area (Å²) in [6, 6.07) is 8.01. The molecule has 3 rings (SSSR count). The van der Waals surface area contributed by atoms with Gasteiger partial charge in [0.2, 0.25) is 0 Å². The number of aromatic nitrogens is 3. The molecule has 0 saturated heterocycles. The lowest BCUT2D eigenvalue weighted by molar-refractivity contribution is 0.102. The monoisotopic (exact) mass is 300 g/mol. The number of furan rings is 1. The Morgan fingerprint density at radius 1 is 1.36 bits per heavy atom. The molecule has 22 heavy (non-hydrogen) atoms. The second kappa shape index (κ2) is 5.80. The van der Waals surface area contributed by atoms with Crippen LogP contribution in [0.3, 0.4) is 0 Å². The molecule has 0 unspecified atom stereocenters. The number of rotatable bonds is 4. The first-order valence-electron chi connectivity index (χ1n) is 6.62. The van der Waals surface area contributed by atoms with E-state index in [-0.39, 0.29) is 18.3 Å². The minimum absolute atomic E-state index is 0.243. The topological polar surface area (TPSA) is 73.0 Å². The van der Waals surface area contributed by atoms with Gasteiger partial charge in [-0.1, -0.05) is 23.4 Å². The maximum atomic E-state index is 13.7. The van der Waals surface area contributed by atoms with Crippen LogP contribution < -0.4 is 5.32 Å². The highest BCUT2D eigenvalue weighted by atomic mass is 19.1. The average Bonchev–Trinajstić information content (AvgIpc) is 3.15. The molecule has 0 aliphatic heterocycles. The summed E-state index contributed by atoms with van der Waals surface area (Å²) >= 11 is 0. The van der Waals surface area contributed by atoms with Crippen molar-refractivity contribution >= 4 is 11.7 Å². The van der Waals surface area contributed by atoms with E-state index in [0.717, 1.165) is 0 Å². The number of carbonyl (C=O) groups excluding carboxylic acids is 1. The van der Waals surface area contributed by atoms with Gasteiger partial charge >= 0.3 is 0 Å². The maximum absolute atomic E-state index is 13.7. The van der Waals surface area contributed by atoms with E-state index in [1.54, 1.807) is 31.2 Å². The van der Waals surface area contributed by atoms with E-state index in [4.69, 9.17) is 4.42 Å². The van der Waals surface area contributed by atoms with Gasteiger partial charge in [0.25, 0.3) is 5.91 Å². The molecule has 0 atom stereocenters. The van der Waals surface area contributed by atoms with Crippen LogP contribution >= 0.6 is 0 Å². The molecule has 0 saturated carbocycles. The van der Waals surface area contributed by atoms with Gasteiger partial charge in [0.15, 0.2) is 5.82 Å². The van der Waals surface area contributed by atoms with Crippen LogP contribution in [-0.4, -0.2) is 20.9 Å². The standard InChI is InChI=1S/C15H13FN4O2/c1-10-14(17-15(21)12-6-7-22-9-12)18-19-20(10)8-11-4-2-3-5-13(11)16/h2-7,9H,8H2,1H3,(H,17,21). The van der Waals surface area contributed by atoms with Crippen LogP contribution in [0.25, 0.3) is 0 Å². The maximum Gasteiger partial charge on any atom is 0.260 e. The first-order valence-corrected chi connectivity index (χ1v) is 6.62. The molecule has 6 nitrogen and oxygen atoms in total. The van der Waals surface area contributed by atoms with Gasteiger partial charge in [-0.25, -0.2) is 9.07 Å². The number of nitrogens with one attached hydrogen (secondary N) is 1. The van der Waals surface area contributed by atoms with Crippen LogP contribution in [0.2, 0.25) is 0 Å². The first kappa shape index (κ1) is 14.0. The summed E-state index contributed by atoms with van der Waals surface area (Å²) in [6.45, 7) is 2.00. The number of halogens is 1. The Kier molecular flexibility index (Phi) is 3.69. The number of carbonyl (C=O) groups is 1. The fourth-order valence-electron chi connectivity index (χ4n) is 1.99. The van der Waals surface area contributed by atoms with Crippen LogP contribution in [0.4, 0.5) is 10.2 Å². The molecule has 0 fully saturated rings. The van der Waals surface area contributed by atoms with Crippen molar-refractivity contribution < 1.29 is 13.6 Å². The summed E-state index contributed by atoms with van der Waals surface area (Å²) in [6.07, 6.45) is 2.76. The van der Waals surface area contributed by atoms with Crippen molar-refractivity contribution in [3.8, 4) is 0 Å². The van der Waals surface area contributed by atoms with E-state index in [1.165, 1.54) is 23.3 Å². The summed E-state index contributed by atoms with van der Waals surface area (Å²) in [5, 5.41) is 10.5. The minimum Gasteiger partial charge on any atom is -0.472 e. The molecule has 7 heteroatoms. The van der Waals surface area contributed by atoms with Crippen molar-refractivity contribution in [1.82, 2.24) is 15.0 Å². The smallest absolute Gasteiger partial charge is 0.260 e. The second-order valence-corrected chi connectivity index (χ2v) is 4.74. The lowest BCUT2D eigenvalue weighted by Crippen LogP contribution is -2.12. The molecule has 3 aromatic rings. The molecule has 1 aromatic carbocycles. The fraction of sp³-hybridized carbons (Fsp3) is 0.133. The first-order chi connectivity index (χ1) is 10.6. The molecule has 0 aliphatic carbocycles. The van der Waals surface area contributed by atoms with Crippen LogP contribution in [0.5, 0.6) is 0 Å². The largest absolute Gasteiger partial charge is 0.472 e. The fourth-order valence-corrected chi connectivity index (χ4v) is 1.99. The third kappa shape index (κ3) is 2.73. The van der Waals surface area contributed by atoms with Crippen molar-refractivity contribution in [2.75, 3.05) is 5.32 Å². The number of nitrogens with zero attached hydrogens (tertiary/aromatic N) is 3. The van der Waals surface area contributed by atoms with E-state index < -0.39 is 0 Å². The molecule has 1 amide bonds. The number of hydrogen-bond donors (Lipinski definition) is 1. The van der Waals surface area contributed by atoms with Gasteiger partial charge in [0, 0.05) is 5.56 Å². The molecular weight excluding hydrogens is 287 g/mol. The zero-order chi connectivity index (χ0) is 15.5. The lowest BCUT2D eigenvalue weighted by Gasteiger charge is -2.05. The van der Waals surface area contributed by atoms with Gasteiger partial charge in [0.1, 0.15) is 12.1 Å². The quantitative estimate of drug-likeness (QED) is 0.804. The number of benzene rings is 1. The molecule has 0 radical (unpaired) electrons. The van der Waals surface area contributed by atoms with E-state index in [0.29, 0.717) is 22.6 Å². The summed E-state index contributed by atoms with van der Waals surface area (Å²) in [7, 11) is 0. The van der Waals surface area contributed by atoms with Crippen molar-refractivity contribution in [3.63, 3.8) is 0 Å². The Labute approximate surface area is 125 Å². The Hall–Kier alpha value is -2.96. The van der Waals surface area contributed by atoms with Gasteiger partial charge in [-0.05, 0) is 19.1 Å². The highest BCUT2D eigenvalue weighted by Gasteiger charge is 2.14. The van der Waals surface area contributed by atoms with E-state index in [9.17, 15) is 9.18 Å². The third-order valence-corrected chi connectivity index (χ3v) is 3.28. The van der Waals surface area contributed by atoms with E-state index >= 15 is 0 Å². The second-order valence-electron chi connectivity index (χ2n) is 4.74. The molecular formula is C15H13FN4O2. The summed E-state index contributed by atoms with van der Waals surface area (Å²) in [5.41, 5.74) is 1.53. The van der Waals surface area contributed by atoms with Crippen LogP contribution in [0.15, 0.2) is 47.3 Å². The van der Waals surface area contributed by atoms with Crippen molar-refractivity contribution in [1.29, 1.82) is 0 Å². The average molecular weight is 300 g/mol. The molecule has 0 bridgehead atoms. The molecule has 0 spiro atoms. The van der Waals surface area contributed by atoms with Gasteiger partial charge < -0.3 is 9.73 Å². The van der Waals surface area contributed by atoms with Crippen LogP contribution in [0.1, 0.15) is 21.6 Å². The number of anilines is 1. The number of amides is 1. The van der Waals surface area contributed by atoms with Crippen molar-refractivity contribution in [2.24, 2.45) is 0 Å². The number of hydrogen-bond acceptors (Lipinski definition) is 4. The Balaban J connectivity index is 1.78. The molecule has 1 N–H and O–H groups in total. The van der Waals surface area contributed by atoms with Crippen LogP contribution in [0, 0.1) is 12.7 Å². The SMILES string of the molecule is Cc1c(NC(=O)c2ccoc2)nnn1Cc1ccccc1F. The summed E-state index contributed by atoms with van der Waals surface area (Å²) in [5.74, 6) is -0.307. The molecule has 0 aliphatic rings. The summed E-state index contributed by atoms with van der Waals surface area (Å²) in [4.78, 5) is 11.9. The van der Waals surface area contributed by atoms with Gasteiger partial charge in [-0.15, -0.1) is 5.10 Å². The highest BCUT2D eigenvalue weighted by molar-refractivity contribution is 6.03. The normalized spacial score (nSPS) is 10.6. The van der Waals surface area contributed by atoms with Gasteiger partial charge in [-0.3, -0.25) is 4.79 Å². The van der Waals surface area contributed by atoms with Crippen molar-refractivity contribution in [2.45, 2.75) is 13.5 Å². The Morgan fingerprint density at radius 3 is 2.91 bits per heavy atom. The minimum atomic E-state index is -0.338. The van der Waals surface area contributed by atoms with Crippen LogP contribution in [-0.2, 0) is 6.54 Å².